The van der Waals surface area contributed by atoms with Crippen LogP contribution < -0.4 is 0 Å². The first-order chi connectivity index (χ1) is 5.92. The van der Waals surface area contributed by atoms with Crippen LogP contribution in [-0.4, -0.2) is 41.5 Å². The lowest BCUT2D eigenvalue weighted by Gasteiger charge is -2.12. The van der Waals surface area contributed by atoms with Gasteiger partial charge < -0.3 is 5.11 Å². The molecule has 0 amide bonds. The number of carboxylic acids is 1. The first-order valence-corrected chi connectivity index (χ1v) is 4.23. The topological polar surface area (TPSA) is 40.5 Å². The Morgan fingerprint density at radius 2 is 2.00 bits per heavy atom. The molecule has 13 heavy (non-hydrogen) atoms. The lowest BCUT2D eigenvalue weighted by molar-refractivity contribution is -0.141. The van der Waals surface area contributed by atoms with Crippen LogP contribution in [0.5, 0.6) is 0 Å². The maximum Gasteiger partial charge on any atom is 0.321 e. The van der Waals surface area contributed by atoms with Gasteiger partial charge in [0, 0.05) is 6.42 Å². The predicted octanol–water partition coefficient (Wildman–Crippen LogP) is 1.44. The van der Waals surface area contributed by atoms with Gasteiger partial charge in [-0.3, -0.25) is 9.69 Å². The van der Waals surface area contributed by atoms with Crippen molar-refractivity contribution in [1.29, 1.82) is 0 Å². The Morgan fingerprint density at radius 1 is 1.54 bits per heavy atom. The average Bonchev–Trinajstić information content (AvgIpc) is 2.29. The zero-order valence-corrected chi connectivity index (χ0v) is 8.05. The molecule has 1 atom stereocenters. The van der Waals surface area contributed by atoms with Crippen molar-refractivity contribution in [3.8, 4) is 0 Å². The molecule has 1 unspecified atom stereocenters. The molecule has 0 spiro atoms. The molecule has 1 rings (SSSR count). The highest BCUT2D eigenvalue weighted by Gasteiger charge is 2.46. The third-order valence-corrected chi connectivity index (χ3v) is 1.79. The lowest BCUT2D eigenvalue weighted by atomic mass is 10.2. The van der Waals surface area contributed by atoms with E-state index in [0.717, 1.165) is 4.90 Å². The van der Waals surface area contributed by atoms with Crippen molar-refractivity contribution in [1.82, 2.24) is 4.90 Å². The Hall–Kier alpha value is -0.710. The molecule has 1 heterocycles. The van der Waals surface area contributed by atoms with Gasteiger partial charge in [-0.05, 0) is 7.05 Å². The summed E-state index contributed by atoms with van der Waals surface area (Å²) in [4.78, 5) is 11.5. The largest absolute Gasteiger partial charge is 0.480 e. The minimum atomic E-state index is -2.84. The molecule has 0 aromatic carbocycles. The van der Waals surface area contributed by atoms with E-state index in [0.29, 0.717) is 0 Å². The normalized spacial score (nSPS) is 26.4. The summed E-state index contributed by atoms with van der Waals surface area (Å²) in [6, 6.07) is -1.02. The van der Waals surface area contributed by atoms with Crippen LogP contribution in [-0.2, 0) is 4.79 Å². The molecule has 0 aliphatic carbocycles. The first kappa shape index (κ1) is 12.3. The Balaban J connectivity index is 0.000000671. The maximum absolute atomic E-state index is 12.5. The van der Waals surface area contributed by atoms with Crippen LogP contribution in [0.1, 0.15) is 20.3 Å². The standard InChI is InChI=1S/C6H9F2NO2.C2H6/c1-9-3-6(7,8)2-4(9)5(10)11;1-2/h4H,2-3H2,1H3,(H,10,11);1-2H3. The number of aliphatic carboxylic acids is 1. The number of likely N-dealkylation sites (tertiary alicyclic amines) is 1. The molecule has 0 aromatic rings. The van der Waals surface area contributed by atoms with Crippen LogP contribution in [0.2, 0.25) is 0 Å². The van der Waals surface area contributed by atoms with Crippen molar-refractivity contribution < 1.29 is 18.7 Å². The number of carbonyl (C=O) groups is 1. The summed E-state index contributed by atoms with van der Waals surface area (Å²) in [5.41, 5.74) is 0. The molecule has 0 bridgehead atoms. The smallest absolute Gasteiger partial charge is 0.321 e. The minimum absolute atomic E-state index is 0.454. The molecule has 0 saturated carbocycles. The first-order valence-electron chi connectivity index (χ1n) is 4.23. The van der Waals surface area contributed by atoms with Crippen molar-refractivity contribution in [2.75, 3.05) is 13.6 Å². The summed E-state index contributed by atoms with van der Waals surface area (Å²) < 4.78 is 25.0. The van der Waals surface area contributed by atoms with Crippen LogP contribution in [0.4, 0.5) is 8.78 Å². The van der Waals surface area contributed by atoms with Crippen molar-refractivity contribution >= 4 is 5.97 Å². The molecule has 1 fully saturated rings. The van der Waals surface area contributed by atoms with Gasteiger partial charge in [0.2, 0.25) is 0 Å². The Kier molecular flexibility index (Phi) is 4.26. The third kappa shape index (κ3) is 3.26. The molecule has 0 aromatic heterocycles. The highest BCUT2D eigenvalue weighted by Crippen LogP contribution is 2.30. The monoisotopic (exact) mass is 195 g/mol. The van der Waals surface area contributed by atoms with Crippen LogP contribution in [0.3, 0.4) is 0 Å². The van der Waals surface area contributed by atoms with E-state index in [4.69, 9.17) is 5.11 Å². The van der Waals surface area contributed by atoms with E-state index >= 15 is 0 Å². The maximum atomic E-state index is 12.5. The van der Waals surface area contributed by atoms with Gasteiger partial charge in [0.1, 0.15) is 6.04 Å². The number of hydrogen-bond donors (Lipinski definition) is 1. The predicted molar refractivity (Wildman–Crippen MR) is 45.0 cm³/mol. The van der Waals surface area contributed by atoms with Crippen molar-refractivity contribution in [2.45, 2.75) is 32.2 Å². The molecule has 1 saturated heterocycles. The number of alkyl halides is 2. The van der Waals surface area contributed by atoms with Crippen LogP contribution in [0.25, 0.3) is 0 Å². The van der Waals surface area contributed by atoms with Crippen molar-refractivity contribution in [3.63, 3.8) is 0 Å². The van der Waals surface area contributed by atoms with E-state index in [-0.39, 0.29) is 0 Å². The summed E-state index contributed by atoms with van der Waals surface area (Å²) in [5, 5.41) is 8.44. The Labute approximate surface area is 76.3 Å². The lowest BCUT2D eigenvalue weighted by Crippen LogP contribution is -2.32. The summed E-state index contributed by atoms with van der Waals surface area (Å²) in [6.07, 6.45) is -0.571. The molecule has 0 radical (unpaired) electrons. The van der Waals surface area contributed by atoms with Gasteiger partial charge in [-0.1, -0.05) is 13.8 Å². The second-order valence-corrected chi connectivity index (χ2v) is 2.83. The number of hydrogen-bond acceptors (Lipinski definition) is 2. The average molecular weight is 195 g/mol. The number of carboxylic acid groups (broad SMARTS) is 1. The minimum Gasteiger partial charge on any atom is -0.480 e. The molecule has 5 heteroatoms. The molecule has 1 N–H and O–H groups in total. The zero-order chi connectivity index (χ0) is 10.6. The second kappa shape index (κ2) is 4.50. The molecule has 78 valence electrons. The van der Waals surface area contributed by atoms with Gasteiger partial charge in [0.25, 0.3) is 5.92 Å². The number of nitrogens with zero attached hydrogens (tertiary/aromatic N) is 1. The molecule has 3 nitrogen and oxygen atoms in total. The van der Waals surface area contributed by atoms with Gasteiger partial charge >= 0.3 is 5.97 Å². The van der Waals surface area contributed by atoms with Gasteiger partial charge in [-0.2, -0.15) is 0 Å². The van der Waals surface area contributed by atoms with Gasteiger partial charge in [0.15, 0.2) is 0 Å². The number of halogens is 2. The van der Waals surface area contributed by atoms with Crippen LogP contribution >= 0.6 is 0 Å². The van der Waals surface area contributed by atoms with Crippen LogP contribution in [0, 0.1) is 0 Å². The van der Waals surface area contributed by atoms with Crippen molar-refractivity contribution in [2.24, 2.45) is 0 Å². The fourth-order valence-corrected chi connectivity index (χ4v) is 1.25. The van der Waals surface area contributed by atoms with E-state index < -0.39 is 30.9 Å². The van der Waals surface area contributed by atoms with Gasteiger partial charge in [-0.25, -0.2) is 8.78 Å². The fraction of sp³-hybridized carbons (Fsp3) is 0.875. The van der Waals surface area contributed by atoms with Crippen LogP contribution in [0.15, 0.2) is 0 Å². The number of rotatable bonds is 1. The summed E-state index contributed by atoms with van der Waals surface area (Å²) >= 11 is 0. The van der Waals surface area contributed by atoms with E-state index in [1.165, 1.54) is 7.05 Å². The van der Waals surface area contributed by atoms with Gasteiger partial charge in [-0.15, -0.1) is 0 Å². The highest BCUT2D eigenvalue weighted by molar-refractivity contribution is 5.74. The summed E-state index contributed by atoms with van der Waals surface area (Å²) in [6.45, 7) is 3.55. The number of likely N-dealkylation sites (N-methyl/N-ethyl adjacent to an activating group) is 1. The molecular formula is C8H15F2NO2. The Morgan fingerprint density at radius 3 is 2.15 bits per heavy atom. The Bertz CT molecular complexity index is 185. The molecule has 1 aliphatic heterocycles. The molecular weight excluding hydrogens is 180 g/mol. The quantitative estimate of drug-likeness (QED) is 0.688. The van der Waals surface area contributed by atoms with E-state index in [9.17, 15) is 13.6 Å². The third-order valence-electron chi connectivity index (χ3n) is 1.79. The van der Waals surface area contributed by atoms with E-state index in [1.54, 1.807) is 0 Å². The summed E-state index contributed by atoms with van der Waals surface area (Å²) in [5.74, 6) is -4.01. The zero-order valence-electron chi connectivity index (χ0n) is 8.05. The van der Waals surface area contributed by atoms with E-state index in [1.807, 2.05) is 13.8 Å². The summed E-state index contributed by atoms with van der Waals surface area (Å²) in [7, 11) is 1.39. The second-order valence-electron chi connectivity index (χ2n) is 2.83. The molecule has 1 aliphatic rings. The van der Waals surface area contributed by atoms with Gasteiger partial charge in [0.05, 0.1) is 6.54 Å². The van der Waals surface area contributed by atoms with Crippen molar-refractivity contribution in [3.05, 3.63) is 0 Å². The highest BCUT2D eigenvalue weighted by atomic mass is 19.3. The fourth-order valence-electron chi connectivity index (χ4n) is 1.25. The SMILES string of the molecule is CC.CN1CC(F)(F)CC1C(=O)O. The van der Waals surface area contributed by atoms with E-state index in [2.05, 4.69) is 0 Å².